The predicted octanol–water partition coefficient (Wildman–Crippen LogP) is 4.50. The first-order chi connectivity index (χ1) is 18.1. The van der Waals surface area contributed by atoms with Crippen LogP contribution in [0.3, 0.4) is 0 Å². The molecular formula is C30H37N3O4. The van der Waals surface area contributed by atoms with Crippen LogP contribution in [0.2, 0.25) is 0 Å². The Hall–Kier alpha value is -3.42. The highest BCUT2D eigenvalue weighted by atomic mass is 16.5. The van der Waals surface area contributed by atoms with Crippen molar-refractivity contribution in [3.8, 4) is 5.75 Å². The zero-order valence-electron chi connectivity index (χ0n) is 21.6. The third-order valence-electron chi connectivity index (χ3n) is 7.07. The van der Waals surface area contributed by atoms with E-state index < -0.39 is 5.54 Å². The van der Waals surface area contributed by atoms with E-state index in [1.54, 1.807) is 12.0 Å². The Morgan fingerprint density at radius 1 is 1.00 bits per heavy atom. The van der Waals surface area contributed by atoms with Crippen LogP contribution in [0, 0.1) is 0 Å². The average Bonchev–Trinajstić information content (AvgIpc) is 2.94. The van der Waals surface area contributed by atoms with Gasteiger partial charge in [0.1, 0.15) is 17.6 Å². The van der Waals surface area contributed by atoms with Gasteiger partial charge in [-0.25, -0.2) is 4.79 Å². The number of aldehydes is 1. The molecule has 7 heteroatoms. The molecule has 196 valence electrons. The minimum Gasteiger partial charge on any atom is -0.494 e. The molecule has 1 heterocycles. The van der Waals surface area contributed by atoms with E-state index in [-0.39, 0.29) is 6.03 Å². The fourth-order valence-electron chi connectivity index (χ4n) is 4.92. The number of likely N-dealkylation sites (tertiary alicyclic amines) is 1. The van der Waals surface area contributed by atoms with E-state index in [1.165, 1.54) is 16.3 Å². The molecule has 0 unspecified atom stereocenters. The molecule has 0 bridgehead atoms. The SMILES string of the molecule is COCCN(C(=O)NCCCOc1ccccc1)C1(C=O)CCN(Cc2ccc3ccccc3c2)CC1. The monoisotopic (exact) mass is 503 g/mol. The van der Waals surface area contributed by atoms with Crippen LogP contribution in [-0.4, -0.2) is 74.2 Å². The number of hydrogen-bond donors (Lipinski definition) is 1. The molecular weight excluding hydrogens is 466 g/mol. The van der Waals surface area contributed by atoms with Crippen LogP contribution in [0.1, 0.15) is 24.8 Å². The Kier molecular flexibility index (Phi) is 9.52. The van der Waals surface area contributed by atoms with E-state index >= 15 is 0 Å². The number of para-hydroxylation sites is 1. The molecule has 0 aromatic heterocycles. The number of hydrogen-bond acceptors (Lipinski definition) is 5. The summed E-state index contributed by atoms with van der Waals surface area (Å²) in [6.07, 6.45) is 2.83. The molecule has 4 rings (SSSR count). The smallest absolute Gasteiger partial charge is 0.318 e. The molecule has 3 aromatic rings. The fourth-order valence-corrected chi connectivity index (χ4v) is 4.92. The van der Waals surface area contributed by atoms with Crippen molar-refractivity contribution < 1.29 is 19.1 Å². The van der Waals surface area contributed by atoms with Crippen LogP contribution >= 0.6 is 0 Å². The minimum atomic E-state index is -0.830. The van der Waals surface area contributed by atoms with Crippen LogP contribution in [0.4, 0.5) is 4.79 Å². The van der Waals surface area contributed by atoms with Crippen molar-refractivity contribution in [3.63, 3.8) is 0 Å². The lowest BCUT2D eigenvalue weighted by molar-refractivity contribution is -0.120. The summed E-state index contributed by atoms with van der Waals surface area (Å²) in [5.41, 5.74) is 0.423. The summed E-state index contributed by atoms with van der Waals surface area (Å²) in [5, 5.41) is 5.45. The van der Waals surface area contributed by atoms with Gasteiger partial charge in [0.15, 0.2) is 0 Å². The Morgan fingerprint density at radius 2 is 1.73 bits per heavy atom. The minimum absolute atomic E-state index is 0.230. The Morgan fingerprint density at radius 3 is 2.46 bits per heavy atom. The maximum atomic E-state index is 13.2. The second-order valence-electron chi connectivity index (χ2n) is 9.57. The van der Waals surface area contributed by atoms with Gasteiger partial charge < -0.3 is 24.5 Å². The molecule has 0 spiro atoms. The first-order valence-corrected chi connectivity index (χ1v) is 13.0. The molecule has 2 amide bonds. The van der Waals surface area contributed by atoms with E-state index in [0.717, 1.165) is 31.7 Å². The number of carbonyl (C=O) groups is 2. The number of carbonyl (C=O) groups excluding carboxylic acids is 2. The Labute approximate surface area is 219 Å². The van der Waals surface area contributed by atoms with Crippen molar-refractivity contribution in [1.82, 2.24) is 15.1 Å². The van der Waals surface area contributed by atoms with Gasteiger partial charge in [-0.05, 0) is 53.8 Å². The summed E-state index contributed by atoms with van der Waals surface area (Å²) in [7, 11) is 1.61. The van der Waals surface area contributed by atoms with Crippen molar-refractivity contribution in [2.45, 2.75) is 31.3 Å². The number of ether oxygens (including phenoxy) is 2. The molecule has 1 saturated heterocycles. The zero-order valence-corrected chi connectivity index (χ0v) is 21.6. The molecule has 3 aromatic carbocycles. The first-order valence-electron chi connectivity index (χ1n) is 13.0. The second-order valence-corrected chi connectivity index (χ2v) is 9.57. The summed E-state index contributed by atoms with van der Waals surface area (Å²) in [5.74, 6) is 0.811. The average molecular weight is 504 g/mol. The number of amides is 2. The topological polar surface area (TPSA) is 71.1 Å². The number of nitrogens with zero attached hydrogens (tertiary/aromatic N) is 2. The number of benzene rings is 3. The number of rotatable bonds is 12. The van der Waals surface area contributed by atoms with Crippen LogP contribution in [0.5, 0.6) is 5.75 Å². The fraction of sp³-hybridized carbons (Fsp3) is 0.400. The molecule has 1 aliphatic rings. The third-order valence-corrected chi connectivity index (χ3v) is 7.07. The maximum Gasteiger partial charge on any atom is 0.318 e. The van der Waals surface area contributed by atoms with Crippen molar-refractivity contribution >= 4 is 23.1 Å². The molecule has 37 heavy (non-hydrogen) atoms. The highest BCUT2D eigenvalue weighted by molar-refractivity contribution is 5.83. The van der Waals surface area contributed by atoms with Gasteiger partial charge in [-0.3, -0.25) is 4.90 Å². The van der Waals surface area contributed by atoms with Gasteiger partial charge in [-0.1, -0.05) is 54.6 Å². The molecule has 7 nitrogen and oxygen atoms in total. The van der Waals surface area contributed by atoms with E-state index in [9.17, 15) is 9.59 Å². The Bertz CT molecular complexity index is 1150. The summed E-state index contributed by atoms with van der Waals surface area (Å²) in [4.78, 5) is 29.7. The van der Waals surface area contributed by atoms with Gasteiger partial charge in [0, 0.05) is 39.8 Å². The lowest BCUT2D eigenvalue weighted by Gasteiger charge is -2.45. The normalized spacial score (nSPS) is 15.3. The second kappa shape index (κ2) is 13.2. The summed E-state index contributed by atoms with van der Waals surface area (Å²) in [6.45, 7) is 4.03. The highest BCUT2D eigenvalue weighted by Gasteiger charge is 2.42. The predicted molar refractivity (Wildman–Crippen MR) is 146 cm³/mol. The zero-order chi connectivity index (χ0) is 25.9. The van der Waals surface area contributed by atoms with Crippen molar-refractivity contribution in [2.24, 2.45) is 0 Å². The number of nitrogens with one attached hydrogen (secondary N) is 1. The molecule has 1 aliphatic heterocycles. The lowest BCUT2D eigenvalue weighted by atomic mass is 9.86. The van der Waals surface area contributed by atoms with Crippen LogP contribution in [-0.2, 0) is 16.1 Å². The van der Waals surface area contributed by atoms with E-state index in [4.69, 9.17) is 9.47 Å². The van der Waals surface area contributed by atoms with Gasteiger partial charge in [-0.15, -0.1) is 0 Å². The van der Waals surface area contributed by atoms with E-state index in [0.29, 0.717) is 45.6 Å². The lowest BCUT2D eigenvalue weighted by Crippen LogP contribution is -2.61. The van der Waals surface area contributed by atoms with Gasteiger partial charge in [-0.2, -0.15) is 0 Å². The van der Waals surface area contributed by atoms with Crippen molar-refractivity contribution in [1.29, 1.82) is 0 Å². The van der Waals surface area contributed by atoms with E-state index in [1.807, 2.05) is 30.3 Å². The first kappa shape index (κ1) is 26.6. The number of methoxy groups -OCH3 is 1. The standard InChI is InChI=1S/C30H37N3O4/c1-36-21-19-33(29(35)31-16-7-20-37-28-10-3-2-4-11-28)30(24-34)14-17-32(18-15-30)23-25-12-13-26-8-5-6-9-27(26)22-25/h2-6,8-13,22,24H,7,14-21,23H2,1H3,(H,31,35). The van der Waals surface area contributed by atoms with Gasteiger partial charge in [0.25, 0.3) is 0 Å². The van der Waals surface area contributed by atoms with Crippen molar-refractivity contribution in [2.75, 3.05) is 46.5 Å². The van der Waals surface area contributed by atoms with E-state index in [2.05, 4.69) is 52.7 Å². The largest absolute Gasteiger partial charge is 0.494 e. The summed E-state index contributed by atoms with van der Waals surface area (Å²) < 4.78 is 11.0. The third kappa shape index (κ3) is 7.08. The summed E-state index contributed by atoms with van der Waals surface area (Å²) in [6, 6.07) is 24.3. The van der Waals surface area contributed by atoms with Crippen LogP contribution in [0.25, 0.3) is 10.8 Å². The van der Waals surface area contributed by atoms with Crippen molar-refractivity contribution in [3.05, 3.63) is 78.4 Å². The highest BCUT2D eigenvalue weighted by Crippen LogP contribution is 2.29. The quantitative estimate of drug-likeness (QED) is 0.291. The molecule has 0 aliphatic carbocycles. The molecule has 1 fully saturated rings. The summed E-state index contributed by atoms with van der Waals surface area (Å²) >= 11 is 0. The van der Waals surface area contributed by atoms with Gasteiger partial charge >= 0.3 is 6.03 Å². The van der Waals surface area contributed by atoms with Gasteiger partial charge in [0.05, 0.1) is 13.2 Å². The number of urea groups is 1. The maximum absolute atomic E-state index is 13.2. The van der Waals surface area contributed by atoms with Crippen LogP contribution in [0.15, 0.2) is 72.8 Å². The molecule has 0 radical (unpaired) electrons. The Balaban J connectivity index is 1.31. The molecule has 0 saturated carbocycles. The molecule has 0 atom stereocenters. The molecule has 1 N–H and O–H groups in total. The van der Waals surface area contributed by atoms with Crippen LogP contribution < -0.4 is 10.1 Å². The number of fused-ring (bicyclic) bond motifs is 1. The number of piperidine rings is 1. The van der Waals surface area contributed by atoms with Gasteiger partial charge in [0.2, 0.25) is 0 Å².